The lowest BCUT2D eigenvalue weighted by molar-refractivity contribution is 0.182. The summed E-state index contributed by atoms with van der Waals surface area (Å²) in [5, 5.41) is 9.93. The van der Waals surface area contributed by atoms with Crippen LogP contribution in [0.5, 0.6) is 5.75 Å². The zero-order valence-corrected chi connectivity index (χ0v) is 11.9. The first kappa shape index (κ1) is 13.0. The maximum atomic E-state index is 9.93. The number of fused-ring (bicyclic) bond motifs is 1. The van der Waals surface area contributed by atoms with Crippen molar-refractivity contribution in [1.82, 2.24) is 4.90 Å². The van der Waals surface area contributed by atoms with Crippen molar-refractivity contribution in [2.24, 2.45) is 5.92 Å². The van der Waals surface area contributed by atoms with Crippen molar-refractivity contribution in [1.29, 1.82) is 0 Å². The summed E-state index contributed by atoms with van der Waals surface area (Å²) in [6.07, 6.45) is 9.27. The van der Waals surface area contributed by atoms with Gasteiger partial charge in [-0.15, -0.1) is 0 Å². The van der Waals surface area contributed by atoms with Crippen LogP contribution in [0.1, 0.15) is 55.7 Å². The standard InChI is InChI=1S/C17H25NO/c1-18(12-13-6-3-2-4-7-13)16-11-10-15-14(16)8-5-9-17(15)19/h5,8-9,13,16,19H,2-4,6-7,10-12H2,1H3. The van der Waals surface area contributed by atoms with Gasteiger partial charge in [-0.2, -0.15) is 0 Å². The topological polar surface area (TPSA) is 23.5 Å². The molecule has 1 fully saturated rings. The van der Waals surface area contributed by atoms with Crippen LogP contribution in [0.4, 0.5) is 0 Å². The molecule has 0 aromatic heterocycles. The van der Waals surface area contributed by atoms with Crippen molar-refractivity contribution >= 4 is 0 Å². The monoisotopic (exact) mass is 259 g/mol. The quantitative estimate of drug-likeness (QED) is 0.890. The molecule has 1 aromatic rings. The third kappa shape index (κ3) is 2.64. The molecule has 2 aliphatic rings. The third-order valence-corrected chi connectivity index (χ3v) is 5.02. The number of aromatic hydroxyl groups is 1. The minimum absolute atomic E-state index is 0.492. The van der Waals surface area contributed by atoms with Gasteiger partial charge in [-0.3, -0.25) is 4.90 Å². The van der Waals surface area contributed by atoms with Crippen LogP contribution in [-0.4, -0.2) is 23.6 Å². The van der Waals surface area contributed by atoms with Gasteiger partial charge in [-0.25, -0.2) is 0 Å². The average molecular weight is 259 g/mol. The number of rotatable bonds is 3. The molecular formula is C17H25NO. The molecule has 1 N–H and O–H groups in total. The lowest BCUT2D eigenvalue weighted by atomic mass is 9.88. The van der Waals surface area contributed by atoms with Crippen LogP contribution in [0, 0.1) is 5.92 Å². The minimum Gasteiger partial charge on any atom is -0.508 e. The van der Waals surface area contributed by atoms with Crippen molar-refractivity contribution in [2.75, 3.05) is 13.6 Å². The van der Waals surface area contributed by atoms with Crippen LogP contribution in [-0.2, 0) is 6.42 Å². The molecule has 0 radical (unpaired) electrons. The molecule has 0 aliphatic heterocycles. The molecule has 0 bridgehead atoms. The van der Waals surface area contributed by atoms with Crippen LogP contribution < -0.4 is 0 Å². The Bertz CT molecular complexity index is 437. The Labute approximate surface area is 116 Å². The highest BCUT2D eigenvalue weighted by Gasteiger charge is 2.29. The molecule has 104 valence electrons. The zero-order valence-electron chi connectivity index (χ0n) is 11.9. The van der Waals surface area contributed by atoms with Gasteiger partial charge in [0.05, 0.1) is 0 Å². The summed E-state index contributed by atoms with van der Waals surface area (Å²) in [6.45, 7) is 1.22. The van der Waals surface area contributed by atoms with E-state index >= 15 is 0 Å². The maximum Gasteiger partial charge on any atom is 0.119 e. The van der Waals surface area contributed by atoms with Gasteiger partial charge in [0.1, 0.15) is 5.75 Å². The highest BCUT2D eigenvalue weighted by Crippen LogP contribution is 2.40. The van der Waals surface area contributed by atoms with Crippen LogP contribution in [0.3, 0.4) is 0 Å². The fraction of sp³-hybridized carbons (Fsp3) is 0.647. The smallest absolute Gasteiger partial charge is 0.119 e. The Kier molecular flexibility index (Phi) is 3.79. The van der Waals surface area contributed by atoms with Gasteiger partial charge in [-0.05, 0) is 55.8 Å². The Balaban J connectivity index is 1.69. The van der Waals surface area contributed by atoms with Crippen LogP contribution in [0.2, 0.25) is 0 Å². The lowest BCUT2D eigenvalue weighted by Gasteiger charge is -2.31. The van der Waals surface area contributed by atoms with E-state index in [-0.39, 0.29) is 0 Å². The molecule has 3 rings (SSSR count). The zero-order chi connectivity index (χ0) is 13.2. The Hall–Kier alpha value is -1.02. The number of phenols is 1. The van der Waals surface area contributed by atoms with Gasteiger partial charge in [0.2, 0.25) is 0 Å². The first-order valence-corrected chi connectivity index (χ1v) is 7.76. The second kappa shape index (κ2) is 5.54. The predicted octanol–water partition coefficient (Wildman–Crippen LogP) is 3.89. The molecule has 0 heterocycles. The molecule has 0 spiro atoms. The van der Waals surface area contributed by atoms with Crippen molar-refractivity contribution in [2.45, 2.75) is 51.0 Å². The predicted molar refractivity (Wildman–Crippen MR) is 78.4 cm³/mol. The van der Waals surface area contributed by atoms with Gasteiger partial charge in [0.25, 0.3) is 0 Å². The highest BCUT2D eigenvalue weighted by molar-refractivity contribution is 5.44. The summed E-state index contributed by atoms with van der Waals surface area (Å²) in [7, 11) is 2.26. The van der Waals surface area contributed by atoms with Crippen LogP contribution in [0.15, 0.2) is 18.2 Å². The van der Waals surface area contributed by atoms with Gasteiger partial charge >= 0.3 is 0 Å². The fourth-order valence-corrected chi connectivity index (χ4v) is 3.98. The molecule has 2 nitrogen and oxygen atoms in total. The van der Waals surface area contributed by atoms with E-state index in [9.17, 15) is 5.11 Å². The van der Waals surface area contributed by atoms with Crippen molar-refractivity contribution in [3.63, 3.8) is 0 Å². The van der Waals surface area contributed by atoms with Gasteiger partial charge < -0.3 is 5.11 Å². The molecule has 1 aromatic carbocycles. The number of hydrogen-bond acceptors (Lipinski definition) is 2. The molecule has 2 aliphatic carbocycles. The second-order valence-corrected chi connectivity index (χ2v) is 6.34. The van der Waals surface area contributed by atoms with E-state index in [0.717, 1.165) is 18.8 Å². The summed E-state index contributed by atoms with van der Waals surface area (Å²) in [4.78, 5) is 2.53. The first-order chi connectivity index (χ1) is 9.25. The molecule has 19 heavy (non-hydrogen) atoms. The number of phenolic OH excluding ortho intramolecular Hbond substituents is 1. The van der Waals surface area contributed by atoms with Crippen LogP contribution >= 0.6 is 0 Å². The van der Waals surface area contributed by atoms with E-state index in [4.69, 9.17) is 0 Å². The van der Waals surface area contributed by atoms with Crippen LogP contribution in [0.25, 0.3) is 0 Å². The summed E-state index contributed by atoms with van der Waals surface area (Å²) in [6, 6.07) is 6.52. The van der Waals surface area contributed by atoms with E-state index in [1.807, 2.05) is 12.1 Å². The first-order valence-electron chi connectivity index (χ1n) is 7.76. The number of hydrogen-bond donors (Lipinski definition) is 1. The van der Waals surface area contributed by atoms with E-state index in [2.05, 4.69) is 18.0 Å². The summed E-state index contributed by atoms with van der Waals surface area (Å²) >= 11 is 0. The third-order valence-electron chi connectivity index (χ3n) is 5.02. The Morgan fingerprint density at radius 2 is 1.95 bits per heavy atom. The van der Waals surface area contributed by atoms with Crippen molar-refractivity contribution in [3.05, 3.63) is 29.3 Å². The summed E-state index contributed by atoms with van der Waals surface area (Å²) in [5.41, 5.74) is 2.54. The molecule has 0 saturated heterocycles. The van der Waals surface area contributed by atoms with Crippen molar-refractivity contribution in [3.8, 4) is 5.75 Å². The van der Waals surface area contributed by atoms with E-state index in [1.54, 1.807) is 0 Å². The molecule has 1 atom stereocenters. The van der Waals surface area contributed by atoms with Gasteiger partial charge in [-0.1, -0.05) is 31.4 Å². The lowest BCUT2D eigenvalue weighted by Crippen LogP contribution is -2.29. The molecule has 0 amide bonds. The summed E-state index contributed by atoms with van der Waals surface area (Å²) in [5.74, 6) is 1.38. The number of benzene rings is 1. The molecular weight excluding hydrogens is 234 g/mol. The summed E-state index contributed by atoms with van der Waals surface area (Å²) < 4.78 is 0. The van der Waals surface area contributed by atoms with E-state index in [1.165, 1.54) is 49.8 Å². The molecule has 1 saturated carbocycles. The Morgan fingerprint density at radius 1 is 1.16 bits per heavy atom. The highest BCUT2D eigenvalue weighted by atomic mass is 16.3. The second-order valence-electron chi connectivity index (χ2n) is 6.34. The molecule has 2 heteroatoms. The van der Waals surface area contributed by atoms with E-state index in [0.29, 0.717) is 11.8 Å². The van der Waals surface area contributed by atoms with E-state index < -0.39 is 0 Å². The van der Waals surface area contributed by atoms with Gasteiger partial charge in [0.15, 0.2) is 0 Å². The normalized spacial score (nSPS) is 23.8. The van der Waals surface area contributed by atoms with Gasteiger partial charge in [0, 0.05) is 12.6 Å². The average Bonchev–Trinajstić information content (AvgIpc) is 2.85. The fourth-order valence-electron chi connectivity index (χ4n) is 3.98. The SMILES string of the molecule is CN(CC1CCCCC1)C1CCc2c(O)cccc21. The number of nitrogens with zero attached hydrogens (tertiary/aromatic N) is 1. The minimum atomic E-state index is 0.492. The maximum absolute atomic E-state index is 9.93. The van der Waals surface area contributed by atoms with Crippen molar-refractivity contribution < 1.29 is 5.11 Å². The largest absolute Gasteiger partial charge is 0.508 e. The molecule has 1 unspecified atom stereocenters. The Morgan fingerprint density at radius 3 is 2.74 bits per heavy atom.